The number of benzene rings is 2. The maximum Gasteiger partial charge on any atom is 0.251 e. The van der Waals surface area contributed by atoms with Crippen LogP contribution in [0.3, 0.4) is 0 Å². The predicted octanol–water partition coefficient (Wildman–Crippen LogP) is 2.86. The molecule has 0 aliphatic carbocycles. The number of nitrogens with one attached hydrogen (secondary N) is 2. The van der Waals surface area contributed by atoms with Crippen molar-refractivity contribution in [1.29, 1.82) is 0 Å². The number of aromatic amines is 1. The molecule has 0 aliphatic rings. The monoisotopic (exact) mass is 319 g/mol. The Morgan fingerprint density at radius 1 is 1.21 bits per heavy atom. The zero-order valence-electron chi connectivity index (χ0n) is 13.3. The molecule has 2 aromatic carbocycles. The van der Waals surface area contributed by atoms with Gasteiger partial charge in [0.05, 0.1) is 12.1 Å². The van der Waals surface area contributed by atoms with Crippen molar-refractivity contribution in [2.75, 3.05) is 0 Å². The Morgan fingerprint density at radius 2 is 2.08 bits per heavy atom. The average molecular weight is 319 g/mol. The lowest BCUT2D eigenvalue weighted by molar-refractivity contribution is 0.0950. The summed E-state index contributed by atoms with van der Waals surface area (Å²) in [4.78, 5) is 15.7. The Kier molecular flexibility index (Phi) is 3.49. The van der Waals surface area contributed by atoms with E-state index in [0.717, 1.165) is 34.2 Å². The lowest BCUT2D eigenvalue weighted by atomic mass is 10.2. The third kappa shape index (κ3) is 2.52. The number of aromatic nitrogens is 4. The zero-order chi connectivity index (χ0) is 16.5. The SMILES string of the molecule is CCn1nnc2cc(C(=O)NCc3cc4ccccc4[nH]3)ccc21. The van der Waals surface area contributed by atoms with Gasteiger partial charge in [-0.05, 0) is 42.6 Å². The summed E-state index contributed by atoms with van der Waals surface area (Å²) in [5.74, 6) is -0.124. The summed E-state index contributed by atoms with van der Waals surface area (Å²) in [6.07, 6.45) is 0. The van der Waals surface area contributed by atoms with Gasteiger partial charge in [-0.3, -0.25) is 4.79 Å². The highest BCUT2D eigenvalue weighted by Gasteiger charge is 2.10. The highest BCUT2D eigenvalue weighted by molar-refractivity contribution is 5.97. The first-order valence-corrected chi connectivity index (χ1v) is 7.92. The highest BCUT2D eigenvalue weighted by atomic mass is 16.1. The van der Waals surface area contributed by atoms with Gasteiger partial charge in [0.25, 0.3) is 5.91 Å². The molecule has 0 saturated heterocycles. The number of aryl methyl sites for hydroxylation is 1. The van der Waals surface area contributed by atoms with E-state index in [1.54, 1.807) is 12.1 Å². The number of carbonyl (C=O) groups is 1. The number of hydrogen-bond donors (Lipinski definition) is 2. The standard InChI is InChI=1S/C18H17N5O/c1-2-23-17-8-7-13(10-16(17)21-22-23)18(24)19-11-14-9-12-5-3-4-6-15(12)20-14/h3-10,20H,2,11H2,1H3,(H,19,24). The third-order valence-corrected chi connectivity index (χ3v) is 4.10. The molecule has 0 radical (unpaired) electrons. The fourth-order valence-corrected chi connectivity index (χ4v) is 2.85. The predicted molar refractivity (Wildman–Crippen MR) is 92.7 cm³/mol. The Hall–Kier alpha value is -3.15. The quantitative estimate of drug-likeness (QED) is 0.607. The molecule has 120 valence electrons. The molecule has 2 heterocycles. The molecule has 0 bridgehead atoms. The molecule has 0 unspecified atom stereocenters. The topological polar surface area (TPSA) is 75.6 Å². The Balaban J connectivity index is 1.51. The second kappa shape index (κ2) is 5.81. The number of H-pyrrole nitrogens is 1. The van der Waals surface area contributed by atoms with Gasteiger partial charge in [-0.1, -0.05) is 23.4 Å². The molecular formula is C18H17N5O. The minimum absolute atomic E-state index is 0.124. The van der Waals surface area contributed by atoms with E-state index in [1.807, 2.05) is 48.0 Å². The van der Waals surface area contributed by atoms with E-state index in [0.29, 0.717) is 12.1 Å². The summed E-state index contributed by atoms with van der Waals surface area (Å²) in [6.45, 7) is 3.21. The summed E-state index contributed by atoms with van der Waals surface area (Å²) in [7, 11) is 0. The smallest absolute Gasteiger partial charge is 0.251 e. The van der Waals surface area contributed by atoms with Crippen LogP contribution in [0.2, 0.25) is 0 Å². The van der Waals surface area contributed by atoms with E-state index < -0.39 is 0 Å². The van der Waals surface area contributed by atoms with Crippen LogP contribution in [0, 0.1) is 0 Å². The molecule has 4 rings (SSSR count). The van der Waals surface area contributed by atoms with Crippen LogP contribution < -0.4 is 5.32 Å². The average Bonchev–Trinajstić information content (AvgIpc) is 3.22. The number of rotatable bonds is 4. The van der Waals surface area contributed by atoms with Crippen LogP contribution in [0.15, 0.2) is 48.5 Å². The largest absolute Gasteiger partial charge is 0.357 e. The van der Waals surface area contributed by atoms with Gasteiger partial charge in [-0.2, -0.15) is 0 Å². The van der Waals surface area contributed by atoms with Crippen LogP contribution in [-0.4, -0.2) is 25.9 Å². The molecule has 0 spiro atoms. The Bertz CT molecular complexity index is 997. The van der Waals surface area contributed by atoms with Gasteiger partial charge in [-0.25, -0.2) is 4.68 Å². The maximum absolute atomic E-state index is 12.4. The van der Waals surface area contributed by atoms with Crippen LogP contribution >= 0.6 is 0 Å². The van der Waals surface area contributed by atoms with E-state index in [2.05, 4.69) is 20.6 Å². The summed E-state index contributed by atoms with van der Waals surface area (Å²) >= 11 is 0. The maximum atomic E-state index is 12.4. The van der Waals surface area contributed by atoms with Crippen LogP contribution in [-0.2, 0) is 13.1 Å². The molecule has 2 N–H and O–H groups in total. The molecule has 24 heavy (non-hydrogen) atoms. The van der Waals surface area contributed by atoms with Gasteiger partial charge in [0.2, 0.25) is 0 Å². The number of carbonyl (C=O) groups excluding carboxylic acids is 1. The first-order chi connectivity index (χ1) is 11.7. The summed E-state index contributed by atoms with van der Waals surface area (Å²) in [5, 5.41) is 12.2. The van der Waals surface area contributed by atoms with E-state index >= 15 is 0 Å². The van der Waals surface area contributed by atoms with Crippen molar-refractivity contribution in [2.24, 2.45) is 0 Å². The zero-order valence-corrected chi connectivity index (χ0v) is 13.3. The van der Waals surface area contributed by atoms with Gasteiger partial charge in [0, 0.05) is 23.3 Å². The summed E-state index contributed by atoms with van der Waals surface area (Å²) < 4.78 is 1.81. The number of nitrogens with zero attached hydrogens (tertiary/aromatic N) is 3. The van der Waals surface area contributed by atoms with Gasteiger partial charge in [-0.15, -0.1) is 5.10 Å². The van der Waals surface area contributed by atoms with Gasteiger partial charge < -0.3 is 10.3 Å². The first-order valence-electron chi connectivity index (χ1n) is 7.92. The fourth-order valence-electron chi connectivity index (χ4n) is 2.85. The molecule has 4 aromatic rings. The number of amides is 1. The van der Waals surface area contributed by atoms with E-state index in [9.17, 15) is 4.79 Å². The second-order valence-electron chi connectivity index (χ2n) is 5.67. The van der Waals surface area contributed by atoms with E-state index in [1.165, 1.54) is 0 Å². The van der Waals surface area contributed by atoms with Crippen LogP contribution in [0.25, 0.3) is 21.9 Å². The molecule has 0 fully saturated rings. The molecule has 6 heteroatoms. The third-order valence-electron chi connectivity index (χ3n) is 4.10. The van der Waals surface area contributed by atoms with Crippen molar-refractivity contribution < 1.29 is 4.79 Å². The highest BCUT2D eigenvalue weighted by Crippen LogP contribution is 2.15. The molecule has 6 nitrogen and oxygen atoms in total. The van der Waals surface area contributed by atoms with E-state index in [4.69, 9.17) is 0 Å². The lowest BCUT2D eigenvalue weighted by Gasteiger charge is -2.04. The fraction of sp³-hybridized carbons (Fsp3) is 0.167. The molecule has 0 atom stereocenters. The van der Waals surface area contributed by atoms with Gasteiger partial charge in [0.1, 0.15) is 5.52 Å². The van der Waals surface area contributed by atoms with Gasteiger partial charge in [0.15, 0.2) is 0 Å². The molecule has 0 aliphatic heterocycles. The Morgan fingerprint density at radius 3 is 2.92 bits per heavy atom. The van der Waals surface area contributed by atoms with Crippen molar-refractivity contribution in [3.8, 4) is 0 Å². The molecule has 1 amide bonds. The van der Waals surface area contributed by atoms with Crippen molar-refractivity contribution >= 4 is 27.8 Å². The van der Waals surface area contributed by atoms with Crippen molar-refractivity contribution in [1.82, 2.24) is 25.3 Å². The number of para-hydroxylation sites is 1. The summed E-state index contributed by atoms with van der Waals surface area (Å²) in [5.41, 5.74) is 4.29. The summed E-state index contributed by atoms with van der Waals surface area (Å²) in [6, 6.07) is 15.6. The second-order valence-corrected chi connectivity index (χ2v) is 5.67. The Labute approximate surface area is 138 Å². The van der Waals surface area contributed by atoms with E-state index in [-0.39, 0.29) is 5.91 Å². The molecule has 2 aromatic heterocycles. The van der Waals surface area contributed by atoms with Crippen LogP contribution in [0.5, 0.6) is 0 Å². The minimum atomic E-state index is -0.124. The molecule has 0 saturated carbocycles. The van der Waals surface area contributed by atoms with Crippen molar-refractivity contribution in [2.45, 2.75) is 20.0 Å². The lowest BCUT2D eigenvalue weighted by Crippen LogP contribution is -2.22. The first kappa shape index (κ1) is 14.4. The minimum Gasteiger partial charge on any atom is -0.357 e. The van der Waals surface area contributed by atoms with Crippen molar-refractivity contribution in [3.05, 3.63) is 59.8 Å². The molecular weight excluding hydrogens is 302 g/mol. The number of hydrogen-bond acceptors (Lipinski definition) is 3. The van der Waals surface area contributed by atoms with Crippen LogP contribution in [0.4, 0.5) is 0 Å². The number of fused-ring (bicyclic) bond motifs is 2. The normalized spacial score (nSPS) is 11.2. The van der Waals surface area contributed by atoms with Crippen LogP contribution in [0.1, 0.15) is 23.0 Å². The van der Waals surface area contributed by atoms with Crippen molar-refractivity contribution in [3.63, 3.8) is 0 Å². The van der Waals surface area contributed by atoms with Gasteiger partial charge >= 0.3 is 0 Å².